The molecule has 0 bridgehead atoms. The predicted octanol–water partition coefficient (Wildman–Crippen LogP) is 4.28. The van der Waals surface area contributed by atoms with Crippen LogP contribution in [0.2, 0.25) is 0 Å². The van der Waals surface area contributed by atoms with Crippen molar-refractivity contribution >= 4 is 34.2 Å². The van der Waals surface area contributed by atoms with Crippen molar-refractivity contribution in [2.45, 2.75) is 63.6 Å². The van der Waals surface area contributed by atoms with Gasteiger partial charge in [-0.15, -0.1) is 10.2 Å². The largest absolute Gasteiger partial charge is 0.339 e. The third-order valence-corrected chi connectivity index (χ3v) is 6.42. The fourth-order valence-corrected chi connectivity index (χ4v) is 4.85. The maximum atomic E-state index is 12.9. The third kappa shape index (κ3) is 3.48. The van der Waals surface area contributed by atoms with Crippen molar-refractivity contribution in [3.8, 4) is 0 Å². The molecule has 2 aromatic heterocycles. The first-order valence-electron chi connectivity index (χ1n) is 10.2. The Bertz CT molecular complexity index is 999. The van der Waals surface area contributed by atoms with Gasteiger partial charge in [-0.05, 0) is 37.8 Å². The Hall–Kier alpha value is -2.15. The summed E-state index contributed by atoms with van der Waals surface area (Å²) in [7, 11) is 0. The van der Waals surface area contributed by atoms with Crippen molar-refractivity contribution in [2.75, 3.05) is 12.3 Å². The number of piperidine rings is 1. The lowest BCUT2D eigenvalue weighted by Crippen LogP contribution is -2.44. The van der Waals surface area contributed by atoms with Crippen LogP contribution in [0, 0.1) is 0 Å². The highest BCUT2D eigenvalue weighted by Crippen LogP contribution is 2.28. The van der Waals surface area contributed by atoms with Crippen molar-refractivity contribution in [3.05, 3.63) is 30.1 Å². The number of likely N-dealkylation sites (tertiary alicyclic amines) is 1. The number of thioether (sulfide) groups is 1. The van der Waals surface area contributed by atoms with Gasteiger partial charge >= 0.3 is 0 Å². The van der Waals surface area contributed by atoms with Gasteiger partial charge in [0.25, 0.3) is 0 Å². The van der Waals surface area contributed by atoms with Crippen LogP contribution in [0.25, 0.3) is 16.6 Å². The van der Waals surface area contributed by atoms with E-state index in [2.05, 4.69) is 35.9 Å². The Morgan fingerprint density at radius 3 is 2.86 bits per heavy atom. The zero-order valence-electron chi connectivity index (χ0n) is 16.8. The van der Waals surface area contributed by atoms with E-state index in [0.717, 1.165) is 53.3 Å². The second-order valence-corrected chi connectivity index (χ2v) is 8.66. The topological polar surface area (TPSA) is 63.4 Å². The van der Waals surface area contributed by atoms with E-state index in [9.17, 15) is 4.79 Å². The molecule has 6 nitrogen and oxygen atoms in total. The monoisotopic (exact) mass is 397 g/mol. The summed E-state index contributed by atoms with van der Waals surface area (Å²) < 4.78 is 2.03. The lowest BCUT2D eigenvalue weighted by molar-refractivity contribution is -0.132. The van der Waals surface area contributed by atoms with E-state index in [-0.39, 0.29) is 11.8 Å². The maximum Gasteiger partial charge on any atom is 0.233 e. The Morgan fingerprint density at radius 1 is 1.25 bits per heavy atom. The third-order valence-electron chi connectivity index (χ3n) is 5.50. The van der Waals surface area contributed by atoms with Gasteiger partial charge in [-0.25, -0.2) is 4.98 Å². The van der Waals surface area contributed by atoms with E-state index in [0.29, 0.717) is 11.8 Å². The second kappa shape index (κ2) is 8.07. The van der Waals surface area contributed by atoms with Gasteiger partial charge < -0.3 is 4.90 Å². The van der Waals surface area contributed by atoms with Gasteiger partial charge in [0.05, 0.1) is 11.3 Å². The van der Waals surface area contributed by atoms with E-state index in [1.807, 2.05) is 28.7 Å². The van der Waals surface area contributed by atoms with Gasteiger partial charge in [0, 0.05) is 23.9 Å². The maximum absolute atomic E-state index is 12.9. The number of para-hydroxylation sites is 1. The fourth-order valence-electron chi connectivity index (χ4n) is 4.03. The van der Waals surface area contributed by atoms with Crippen LogP contribution in [0.3, 0.4) is 0 Å². The van der Waals surface area contributed by atoms with Crippen molar-refractivity contribution in [1.82, 2.24) is 24.5 Å². The van der Waals surface area contributed by atoms with Gasteiger partial charge in [0.1, 0.15) is 5.82 Å². The molecule has 1 amide bonds. The van der Waals surface area contributed by atoms with Gasteiger partial charge in [0.15, 0.2) is 10.8 Å². The lowest BCUT2D eigenvalue weighted by atomic mass is 10.0. The average molecular weight is 398 g/mol. The molecule has 0 spiro atoms. The number of rotatable bonds is 5. The molecule has 0 unspecified atom stereocenters. The number of carbonyl (C=O) groups is 1. The first-order chi connectivity index (χ1) is 13.6. The SMILES string of the molecule is CC[C@H]1CCCCN1C(=O)CSc1nnc2c3ccccc3nc(C(C)C)n12. The average Bonchev–Trinajstić information content (AvgIpc) is 3.15. The molecule has 0 saturated carbocycles. The van der Waals surface area contributed by atoms with Crippen LogP contribution >= 0.6 is 11.8 Å². The van der Waals surface area contributed by atoms with Crippen LogP contribution in [-0.4, -0.2) is 48.7 Å². The first-order valence-corrected chi connectivity index (χ1v) is 11.1. The highest BCUT2D eigenvalue weighted by molar-refractivity contribution is 7.99. The minimum absolute atomic E-state index is 0.202. The summed E-state index contributed by atoms with van der Waals surface area (Å²) in [6.07, 6.45) is 4.47. The molecule has 1 aliphatic heterocycles. The number of amides is 1. The van der Waals surface area contributed by atoms with Crippen LogP contribution in [0.1, 0.15) is 58.2 Å². The normalized spacial score (nSPS) is 17.7. The summed E-state index contributed by atoms with van der Waals surface area (Å²) in [5, 5.41) is 10.6. The Kier molecular flexibility index (Phi) is 5.53. The number of aromatic nitrogens is 4. The number of fused-ring (bicyclic) bond motifs is 3. The molecule has 0 N–H and O–H groups in total. The molecule has 0 radical (unpaired) electrons. The molecular formula is C21H27N5OS. The summed E-state index contributed by atoms with van der Waals surface area (Å²) >= 11 is 1.47. The van der Waals surface area contributed by atoms with E-state index < -0.39 is 0 Å². The zero-order chi connectivity index (χ0) is 19.7. The smallest absolute Gasteiger partial charge is 0.233 e. The molecule has 4 rings (SSSR count). The summed E-state index contributed by atoms with van der Waals surface area (Å²) in [6, 6.07) is 8.39. The van der Waals surface area contributed by atoms with Crippen molar-refractivity contribution in [3.63, 3.8) is 0 Å². The van der Waals surface area contributed by atoms with E-state index in [4.69, 9.17) is 4.98 Å². The summed E-state index contributed by atoms with van der Waals surface area (Å²) in [6.45, 7) is 7.29. The number of hydrogen-bond acceptors (Lipinski definition) is 5. The number of nitrogens with zero attached hydrogens (tertiary/aromatic N) is 5. The second-order valence-electron chi connectivity index (χ2n) is 7.72. The fraction of sp³-hybridized carbons (Fsp3) is 0.524. The summed E-state index contributed by atoms with van der Waals surface area (Å²) in [5.74, 6) is 1.75. The molecule has 1 aromatic carbocycles. The Labute approximate surface area is 169 Å². The molecular weight excluding hydrogens is 370 g/mol. The van der Waals surface area contributed by atoms with E-state index in [1.165, 1.54) is 18.2 Å². The number of carbonyl (C=O) groups excluding carboxylic acids is 1. The molecule has 148 valence electrons. The van der Waals surface area contributed by atoms with Crippen LogP contribution in [0.15, 0.2) is 29.4 Å². The molecule has 1 saturated heterocycles. The molecule has 3 heterocycles. The van der Waals surface area contributed by atoms with Crippen LogP contribution in [0.4, 0.5) is 0 Å². The molecule has 3 aromatic rings. The molecule has 7 heteroatoms. The number of hydrogen-bond donors (Lipinski definition) is 0. The van der Waals surface area contributed by atoms with Crippen LogP contribution < -0.4 is 0 Å². The summed E-state index contributed by atoms with van der Waals surface area (Å²) in [4.78, 5) is 19.8. The minimum Gasteiger partial charge on any atom is -0.339 e. The highest BCUT2D eigenvalue weighted by Gasteiger charge is 2.26. The highest BCUT2D eigenvalue weighted by atomic mass is 32.2. The molecule has 28 heavy (non-hydrogen) atoms. The van der Waals surface area contributed by atoms with E-state index >= 15 is 0 Å². The zero-order valence-corrected chi connectivity index (χ0v) is 17.6. The first kappa shape index (κ1) is 19.2. The van der Waals surface area contributed by atoms with Gasteiger partial charge in [-0.3, -0.25) is 9.20 Å². The number of benzene rings is 1. The van der Waals surface area contributed by atoms with Gasteiger partial charge in [-0.1, -0.05) is 44.7 Å². The Morgan fingerprint density at radius 2 is 2.07 bits per heavy atom. The van der Waals surface area contributed by atoms with Crippen molar-refractivity contribution in [2.24, 2.45) is 0 Å². The van der Waals surface area contributed by atoms with Crippen molar-refractivity contribution < 1.29 is 4.79 Å². The van der Waals surface area contributed by atoms with Gasteiger partial charge in [-0.2, -0.15) is 0 Å². The Balaban J connectivity index is 1.64. The van der Waals surface area contributed by atoms with Crippen molar-refractivity contribution in [1.29, 1.82) is 0 Å². The quantitative estimate of drug-likeness (QED) is 0.601. The standard InChI is InChI=1S/C21H27N5OS/c1-4-15-9-7-8-12-25(15)18(27)13-28-21-24-23-20-16-10-5-6-11-17(16)22-19(14(2)3)26(20)21/h5-6,10-11,14-15H,4,7-9,12-13H2,1-3H3/t15-/m0/s1. The predicted molar refractivity (Wildman–Crippen MR) is 113 cm³/mol. The summed E-state index contributed by atoms with van der Waals surface area (Å²) in [5.41, 5.74) is 1.74. The molecule has 1 aliphatic rings. The van der Waals surface area contributed by atoms with Crippen LogP contribution in [0.5, 0.6) is 0 Å². The lowest BCUT2D eigenvalue weighted by Gasteiger charge is -2.35. The molecule has 1 atom stereocenters. The molecule has 1 fully saturated rings. The minimum atomic E-state index is 0.202. The molecule has 0 aliphatic carbocycles. The van der Waals surface area contributed by atoms with E-state index in [1.54, 1.807) is 0 Å². The van der Waals surface area contributed by atoms with Crippen LogP contribution in [-0.2, 0) is 4.79 Å². The van der Waals surface area contributed by atoms with Gasteiger partial charge in [0.2, 0.25) is 5.91 Å².